The minimum Gasteiger partial charge on any atom is -0.339 e. The van der Waals surface area contributed by atoms with E-state index in [0.717, 1.165) is 37.5 Å². The number of hydrogen-bond donors (Lipinski definition) is 3. The number of nitrogens with zero attached hydrogens (tertiary/aromatic N) is 2. The Morgan fingerprint density at radius 2 is 1.63 bits per heavy atom. The summed E-state index contributed by atoms with van der Waals surface area (Å²) in [5.41, 5.74) is 3.71. The summed E-state index contributed by atoms with van der Waals surface area (Å²) in [6, 6.07) is 14.0. The summed E-state index contributed by atoms with van der Waals surface area (Å²) in [4.78, 5) is 27.9. The molecule has 0 spiro atoms. The van der Waals surface area contributed by atoms with Gasteiger partial charge in [-0.25, -0.2) is 17.9 Å². The number of carbonyl (C=O) groups excluding carboxylic acids is 2. The van der Waals surface area contributed by atoms with Gasteiger partial charge in [0.1, 0.15) is 0 Å². The molecule has 0 aromatic heterocycles. The molecule has 2 fully saturated rings. The number of nitrogens with one attached hydrogen (secondary N) is 3. The Morgan fingerprint density at radius 1 is 0.974 bits per heavy atom. The molecule has 1 heterocycles. The van der Waals surface area contributed by atoms with E-state index >= 15 is 0 Å². The van der Waals surface area contributed by atoms with Crippen molar-refractivity contribution >= 4 is 27.6 Å². The number of rotatable bonds is 6. The van der Waals surface area contributed by atoms with Crippen LogP contribution in [0.3, 0.4) is 0 Å². The van der Waals surface area contributed by atoms with Gasteiger partial charge >= 0.3 is 6.03 Å². The van der Waals surface area contributed by atoms with Crippen LogP contribution in [0.15, 0.2) is 42.5 Å². The molecule has 38 heavy (non-hydrogen) atoms. The van der Waals surface area contributed by atoms with Crippen molar-refractivity contribution in [3.8, 4) is 6.07 Å². The molecule has 1 aliphatic carbocycles. The van der Waals surface area contributed by atoms with Crippen LogP contribution in [-0.2, 0) is 10.0 Å². The number of benzene rings is 2. The molecule has 1 aliphatic heterocycles. The van der Waals surface area contributed by atoms with E-state index in [1.54, 1.807) is 12.1 Å². The topological polar surface area (TPSA) is 131 Å². The van der Waals surface area contributed by atoms with Crippen molar-refractivity contribution < 1.29 is 18.0 Å². The molecular formula is C28H35N5O4S. The molecule has 202 valence electrons. The summed E-state index contributed by atoms with van der Waals surface area (Å²) >= 11 is 0. The third kappa shape index (κ3) is 7.11. The maximum atomic E-state index is 13.3. The van der Waals surface area contributed by atoms with Crippen LogP contribution in [0, 0.1) is 18.3 Å². The third-order valence-electron chi connectivity index (χ3n) is 7.47. The summed E-state index contributed by atoms with van der Waals surface area (Å²) < 4.78 is 26.1. The molecule has 9 nitrogen and oxygen atoms in total. The van der Waals surface area contributed by atoms with Gasteiger partial charge in [0.2, 0.25) is 10.0 Å². The first-order valence-electron chi connectivity index (χ1n) is 13.1. The van der Waals surface area contributed by atoms with E-state index in [1.165, 1.54) is 5.56 Å². The molecule has 0 radical (unpaired) electrons. The van der Waals surface area contributed by atoms with Gasteiger partial charge in [-0.05, 0) is 73.9 Å². The van der Waals surface area contributed by atoms with Crippen molar-refractivity contribution in [3.05, 3.63) is 64.7 Å². The summed E-state index contributed by atoms with van der Waals surface area (Å²) in [6.45, 7) is 3.13. The fourth-order valence-electron chi connectivity index (χ4n) is 5.36. The van der Waals surface area contributed by atoms with Gasteiger partial charge in [-0.2, -0.15) is 5.26 Å². The normalized spacial score (nSPS) is 20.4. The van der Waals surface area contributed by atoms with Crippen molar-refractivity contribution in [1.82, 2.24) is 14.9 Å². The van der Waals surface area contributed by atoms with E-state index < -0.39 is 16.1 Å². The molecule has 2 aromatic rings. The van der Waals surface area contributed by atoms with Gasteiger partial charge in [-0.15, -0.1) is 0 Å². The third-order valence-corrected chi connectivity index (χ3v) is 8.20. The van der Waals surface area contributed by atoms with E-state index in [1.807, 2.05) is 42.2 Å². The SMILES string of the molecule is Cc1ccc(C(=O)N2CCC(c3ccc(C#N)cc3)CC2)cc1NC(=O)N[C@@H]1CCCC[C@@H]1NS(C)(=O)=O. The van der Waals surface area contributed by atoms with Crippen LogP contribution in [0.1, 0.15) is 71.5 Å². The number of hydrogen-bond acceptors (Lipinski definition) is 5. The van der Waals surface area contributed by atoms with E-state index in [-0.39, 0.29) is 18.0 Å². The monoisotopic (exact) mass is 537 g/mol. The van der Waals surface area contributed by atoms with Gasteiger partial charge in [0.05, 0.1) is 17.9 Å². The van der Waals surface area contributed by atoms with Crippen LogP contribution in [0.5, 0.6) is 0 Å². The Bertz CT molecular complexity index is 1310. The Hall–Kier alpha value is -3.42. The highest BCUT2D eigenvalue weighted by molar-refractivity contribution is 7.88. The minimum atomic E-state index is -3.38. The lowest BCUT2D eigenvalue weighted by atomic mass is 9.89. The fraction of sp³-hybridized carbons (Fsp3) is 0.464. The second-order valence-corrected chi connectivity index (χ2v) is 12.1. The van der Waals surface area contributed by atoms with E-state index in [9.17, 15) is 18.0 Å². The Kier molecular flexibility index (Phi) is 8.69. The molecule has 3 N–H and O–H groups in total. The smallest absolute Gasteiger partial charge is 0.319 e. The number of urea groups is 1. The molecule has 0 unspecified atom stereocenters. The van der Waals surface area contributed by atoms with Crippen LogP contribution >= 0.6 is 0 Å². The zero-order valence-electron chi connectivity index (χ0n) is 21.9. The zero-order chi connectivity index (χ0) is 27.3. The van der Waals surface area contributed by atoms with E-state index in [2.05, 4.69) is 21.4 Å². The second kappa shape index (κ2) is 12.0. The van der Waals surface area contributed by atoms with Crippen LogP contribution in [0.25, 0.3) is 0 Å². The number of amides is 3. The number of carbonyl (C=O) groups is 2. The molecule has 2 atom stereocenters. The molecule has 3 amide bonds. The lowest BCUT2D eigenvalue weighted by Crippen LogP contribution is -2.53. The lowest BCUT2D eigenvalue weighted by molar-refractivity contribution is 0.0713. The second-order valence-electron chi connectivity index (χ2n) is 10.3. The van der Waals surface area contributed by atoms with Gasteiger partial charge in [0.15, 0.2) is 0 Å². The first-order valence-corrected chi connectivity index (χ1v) is 15.0. The summed E-state index contributed by atoms with van der Waals surface area (Å²) in [5, 5.41) is 14.8. The number of sulfonamides is 1. The number of piperidine rings is 1. The summed E-state index contributed by atoms with van der Waals surface area (Å²) in [6.07, 6.45) is 6.00. The van der Waals surface area contributed by atoms with Crippen molar-refractivity contribution in [1.29, 1.82) is 5.26 Å². The number of anilines is 1. The van der Waals surface area contributed by atoms with Gasteiger partial charge in [0.25, 0.3) is 5.91 Å². The van der Waals surface area contributed by atoms with Crippen LogP contribution in [-0.4, -0.2) is 56.7 Å². The Balaban J connectivity index is 1.36. The van der Waals surface area contributed by atoms with Gasteiger partial charge < -0.3 is 15.5 Å². The summed E-state index contributed by atoms with van der Waals surface area (Å²) in [7, 11) is -3.38. The number of aryl methyl sites for hydroxylation is 1. The standard InChI is InChI=1S/C28H35N5O4S/c1-19-7-10-23(27(34)33-15-13-22(14-16-33)21-11-8-20(18-29)9-12-21)17-26(19)31-28(35)30-24-5-3-4-6-25(24)32-38(2,36)37/h7-12,17,22,24-25,32H,3-6,13-16H2,1-2H3,(H2,30,31,35)/t24-,25+/m1/s1. The van der Waals surface area contributed by atoms with Gasteiger partial charge in [0, 0.05) is 36.4 Å². The molecular weight excluding hydrogens is 502 g/mol. The number of nitriles is 1. The van der Waals surface area contributed by atoms with E-state index in [0.29, 0.717) is 48.7 Å². The average Bonchev–Trinajstić information content (AvgIpc) is 2.90. The van der Waals surface area contributed by atoms with Crippen LogP contribution in [0.2, 0.25) is 0 Å². The molecule has 1 saturated carbocycles. The first kappa shape index (κ1) is 27.6. The molecule has 0 bridgehead atoms. The van der Waals surface area contributed by atoms with E-state index in [4.69, 9.17) is 5.26 Å². The lowest BCUT2D eigenvalue weighted by Gasteiger charge is -2.33. The van der Waals surface area contributed by atoms with Crippen molar-refractivity contribution in [2.75, 3.05) is 24.7 Å². The molecule has 4 rings (SSSR count). The van der Waals surface area contributed by atoms with Gasteiger partial charge in [-0.3, -0.25) is 4.79 Å². The maximum absolute atomic E-state index is 13.3. The molecule has 2 aromatic carbocycles. The molecule has 10 heteroatoms. The van der Waals surface area contributed by atoms with Crippen LogP contribution in [0.4, 0.5) is 10.5 Å². The summed E-state index contributed by atoms with van der Waals surface area (Å²) in [5.74, 6) is 0.281. The zero-order valence-corrected chi connectivity index (χ0v) is 22.7. The molecule has 2 aliphatic rings. The average molecular weight is 538 g/mol. The fourth-order valence-corrected chi connectivity index (χ4v) is 6.20. The highest BCUT2D eigenvalue weighted by Crippen LogP contribution is 2.29. The predicted octanol–water partition coefficient (Wildman–Crippen LogP) is 3.87. The van der Waals surface area contributed by atoms with Crippen molar-refractivity contribution in [2.24, 2.45) is 0 Å². The first-order chi connectivity index (χ1) is 18.1. The maximum Gasteiger partial charge on any atom is 0.319 e. The number of likely N-dealkylation sites (tertiary alicyclic amines) is 1. The Morgan fingerprint density at radius 3 is 2.26 bits per heavy atom. The van der Waals surface area contributed by atoms with Crippen LogP contribution < -0.4 is 15.4 Å². The quantitative estimate of drug-likeness (QED) is 0.515. The largest absolute Gasteiger partial charge is 0.339 e. The molecule has 1 saturated heterocycles. The van der Waals surface area contributed by atoms with Gasteiger partial charge in [-0.1, -0.05) is 31.0 Å². The van der Waals surface area contributed by atoms with Crippen molar-refractivity contribution in [2.45, 2.75) is 63.5 Å². The highest BCUT2D eigenvalue weighted by Gasteiger charge is 2.29. The predicted molar refractivity (Wildman–Crippen MR) is 146 cm³/mol. The minimum absolute atomic E-state index is 0.0727. The highest BCUT2D eigenvalue weighted by atomic mass is 32.2. The Labute approximate surface area is 224 Å². The van der Waals surface area contributed by atoms with Crippen molar-refractivity contribution in [3.63, 3.8) is 0 Å².